The van der Waals surface area contributed by atoms with Gasteiger partial charge in [0.1, 0.15) is 28.2 Å². The van der Waals surface area contributed by atoms with Crippen LogP contribution in [0.1, 0.15) is 36.1 Å². The summed E-state index contributed by atoms with van der Waals surface area (Å²) in [6, 6.07) is 61.2. The number of fused-ring (bicyclic) bond motifs is 5. The van der Waals surface area contributed by atoms with Crippen LogP contribution >= 0.6 is 0 Å². The highest BCUT2D eigenvalue weighted by Gasteiger charge is 2.23. The zero-order valence-corrected chi connectivity index (χ0v) is 76.7. The number of pyridine rings is 5. The first-order valence-electron chi connectivity index (χ1n) is 44.9. The Kier molecular flexibility index (Phi) is 28.0. The van der Waals surface area contributed by atoms with Crippen molar-refractivity contribution in [2.75, 3.05) is 195 Å². The largest absolute Gasteiger partial charge is 0.493 e. The number of rotatable bonds is 14. The van der Waals surface area contributed by atoms with Crippen LogP contribution in [-0.2, 0) is 0 Å². The van der Waals surface area contributed by atoms with Crippen molar-refractivity contribution >= 4 is 68.0 Å². The van der Waals surface area contributed by atoms with Crippen LogP contribution in [0.2, 0.25) is 0 Å². The predicted octanol–water partition coefficient (Wildman–Crippen LogP) is 11.0. The van der Waals surface area contributed by atoms with Crippen molar-refractivity contribution in [1.82, 2.24) is 73.5 Å². The summed E-state index contributed by atoms with van der Waals surface area (Å²) in [6.07, 6.45) is 11.0. The van der Waals surface area contributed by atoms with E-state index in [1.165, 1.54) is 22.3 Å². The highest BCUT2D eigenvalue weighted by molar-refractivity contribution is 5.72. The molecule has 5 N–H and O–H groups in total. The maximum Gasteiger partial charge on any atom is 0.265 e. The SMILES string of the molecule is CN(C)c1ccc(-c2cc(=O)n3cc(N4CCNCC4)ccc3n2)cc1.COc1ccc(-c2cnc3cc(N4CCNCC4)ccn3c2=O)cc1OC.C[C@H]1CN(c2ccc3nc(-c4ccc(N(C)C)cc4)cc(=O)n3c2)CCN1.Cc1ccc(-c2cc(=O)n3cc(N4CCNCC4)ccc3n2)cc1C.Cc1ccc(-c2cc(=O)n3cc(N4CCN[C@@H](C)C4)ccc3n2)cc1C. The first kappa shape index (κ1) is 90.3. The number of methoxy groups -OCH3 is 2. The van der Waals surface area contributed by atoms with Gasteiger partial charge in [-0.3, -0.25) is 46.0 Å². The molecule has 0 bridgehead atoms. The fourth-order valence-electron chi connectivity index (χ4n) is 16.9. The van der Waals surface area contributed by atoms with E-state index < -0.39 is 0 Å². The lowest BCUT2D eigenvalue weighted by molar-refractivity contribution is 0.355. The van der Waals surface area contributed by atoms with Gasteiger partial charge in [-0.2, -0.15) is 0 Å². The summed E-state index contributed by atoms with van der Waals surface area (Å²) in [7, 11) is 11.2. The Morgan fingerprint density at radius 1 is 0.328 bits per heavy atom. The Labute approximate surface area is 761 Å². The number of aromatic nitrogens is 10. The third-order valence-corrected chi connectivity index (χ3v) is 24.8. The molecule has 5 fully saturated rings. The molecule has 5 aromatic carbocycles. The van der Waals surface area contributed by atoms with E-state index in [1.54, 1.807) is 85.0 Å². The Morgan fingerprint density at radius 3 is 1.03 bits per heavy atom. The number of piperazine rings is 5. The molecule has 5 saturated heterocycles. The van der Waals surface area contributed by atoms with Gasteiger partial charge in [-0.1, -0.05) is 54.6 Å². The molecule has 29 nitrogen and oxygen atoms in total. The summed E-state index contributed by atoms with van der Waals surface area (Å²) in [4.78, 5) is 103. The van der Waals surface area contributed by atoms with Crippen molar-refractivity contribution in [3.8, 4) is 67.7 Å². The Morgan fingerprint density at radius 2 is 0.672 bits per heavy atom. The monoisotopic (exact) mass is 1760 g/mol. The minimum Gasteiger partial charge on any atom is -0.493 e. The number of hydrogen-bond acceptors (Lipinski definition) is 24. The van der Waals surface area contributed by atoms with Gasteiger partial charge in [-0.25, -0.2) is 24.9 Å². The number of anilines is 7. The number of benzene rings is 5. The molecule has 131 heavy (non-hydrogen) atoms. The third kappa shape index (κ3) is 21.1. The smallest absolute Gasteiger partial charge is 0.265 e. The number of hydrogen-bond donors (Lipinski definition) is 5. The van der Waals surface area contributed by atoms with E-state index in [9.17, 15) is 24.0 Å². The molecule has 2 atom stereocenters. The second-order valence-electron chi connectivity index (χ2n) is 34.3. The Bertz CT molecular complexity index is 6940. The Balaban J connectivity index is 0.000000120. The summed E-state index contributed by atoms with van der Waals surface area (Å²) in [5.74, 6) is 1.20. The molecule has 0 aliphatic carbocycles. The van der Waals surface area contributed by atoms with Crippen LogP contribution in [0.15, 0.2) is 249 Å². The molecule has 676 valence electrons. The normalized spacial score (nSPS) is 15.8. The summed E-state index contributed by atoms with van der Waals surface area (Å²) in [6.45, 7) is 29.8. The number of ether oxygens (including phenoxy) is 2. The van der Waals surface area contributed by atoms with E-state index in [0.717, 1.165) is 197 Å². The standard InChI is InChI=1S/C21H25N5O.C21H24N4O.C20H23N5O.C20H22N4O3.C20H22N4O/c1-15-13-25(11-10-22-15)18-8-9-20-23-19(12-21(27)26(20)14-18)16-4-6-17(7-5-16)24(2)3;1-14-4-5-17(10-15(14)2)19-11-21(26)25-13-18(6-7-20(25)23-19)24-9-8-22-16(3)12-24;1-23(2)16-5-3-15(4-6-16)18-13-20(26)25-14-17(7-8-19(25)22-18)24-11-9-21-10-12-24;1-26-17-4-3-14(11-18(17)27-2)16-13-22-19-12-15(5-8-24(19)20(16)25)23-9-6-21-7-10-23;1-14-3-4-16(11-15(14)2)18-12-20(25)24-13-17(5-6-19(24)22-18)23-9-7-21-8-10-23/h4-9,12,14-15,22H,10-11,13H2,1-3H3;4-7,10-11,13,16,22H,8-9,12H2,1-3H3;3-8,13-14,21H,9-12H2,1-2H3;3-5,8,11-13,21H,6-7,9-10H2,1-2H3;3-6,11-13,21H,7-10H2,1-2H3/t15-;16-;;;/m00.../s1. The molecule has 0 radical (unpaired) electrons. The second-order valence-corrected chi connectivity index (χ2v) is 34.3. The van der Waals surface area contributed by atoms with Crippen molar-refractivity contribution in [2.45, 2.75) is 53.6 Å². The maximum atomic E-state index is 13.0. The number of nitrogens with zero attached hydrogens (tertiary/aromatic N) is 17. The third-order valence-electron chi connectivity index (χ3n) is 24.8. The van der Waals surface area contributed by atoms with E-state index in [0.29, 0.717) is 68.8 Å². The molecule has 0 unspecified atom stereocenters. The molecule has 29 heteroatoms. The van der Waals surface area contributed by atoms with Crippen molar-refractivity contribution < 1.29 is 9.47 Å². The van der Waals surface area contributed by atoms with Crippen LogP contribution in [0.25, 0.3) is 84.4 Å². The summed E-state index contributed by atoms with van der Waals surface area (Å²) < 4.78 is 18.7. The lowest BCUT2D eigenvalue weighted by Crippen LogP contribution is -2.49. The van der Waals surface area contributed by atoms with Crippen LogP contribution in [0, 0.1) is 27.7 Å². The van der Waals surface area contributed by atoms with Gasteiger partial charge in [0.15, 0.2) is 11.5 Å². The average molecular weight is 1760 g/mol. The molecule has 5 aliphatic heterocycles. The van der Waals surface area contributed by atoms with Crippen molar-refractivity contribution in [2.24, 2.45) is 0 Å². The van der Waals surface area contributed by atoms with Crippen molar-refractivity contribution in [3.63, 3.8) is 0 Å². The first-order valence-corrected chi connectivity index (χ1v) is 44.9. The summed E-state index contributed by atoms with van der Waals surface area (Å²) in [5, 5.41) is 16.9. The highest BCUT2D eigenvalue weighted by atomic mass is 16.5. The van der Waals surface area contributed by atoms with Crippen molar-refractivity contribution in [1.29, 1.82) is 0 Å². The second kappa shape index (κ2) is 40.7. The van der Waals surface area contributed by atoms with E-state index in [1.807, 2.05) is 172 Å². The van der Waals surface area contributed by atoms with Crippen LogP contribution in [0.3, 0.4) is 0 Å². The fraction of sp³-hybridized carbons (Fsp3) is 0.314. The van der Waals surface area contributed by atoms with Crippen LogP contribution in [-0.4, -0.2) is 219 Å². The molecule has 0 spiro atoms. The van der Waals surface area contributed by atoms with Gasteiger partial charge in [-0.15, -0.1) is 0 Å². The van der Waals surface area contributed by atoms with Gasteiger partial charge in [0.25, 0.3) is 27.8 Å². The molecule has 0 saturated carbocycles. The maximum absolute atomic E-state index is 13.0. The molecule has 15 heterocycles. The summed E-state index contributed by atoms with van der Waals surface area (Å²) >= 11 is 0. The van der Waals surface area contributed by atoms with Gasteiger partial charge in [0, 0.05) is 265 Å². The highest BCUT2D eigenvalue weighted by Crippen LogP contribution is 2.33. The number of nitrogens with one attached hydrogen (secondary N) is 5. The predicted molar refractivity (Wildman–Crippen MR) is 530 cm³/mol. The molecule has 15 aromatic rings. The molecule has 0 amide bonds. The molecule has 20 rings (SSSR count). The van der Waals surface area contributed by atoms with E-state index in [-0.39, 0.29) is 27.8 Å². The van der Waals surface area contributed by atoms with Gasteiger partial charge in [-0.05, 0) is 172 Å². The van der Waals surface area contributed by atoms with Gasteiger partial charge >= 0.3 is 0 Å². The van der Waals surface area contributed by atoms with Crippen molar-refractivity contribution in [3.05, 3.63) is 299 Å². The molecular formula is C102H116N22O7. The molecular weight excluding hydrogens is 1650 g/mol. The van der Waals surface area contributed by atoms with E-state index in [4.69, 9.17) is 24.4 Å². The molecule has 10 aromatic heterocycles. The minimum absolute atomic E-state index is 0.0461. The quantitative estimate of drug-likeness (QED) is 0.0677. The fourth-order valence-corrected chi connectivity index (χ4v) is 16.9. The Hall–Kier alpha value is -14.1. The zero-order chi connectivity index (χ0) is 91.5. The first-order chi connectivity index (χ1) is 63.5. The number of aryl methyl sites for hydroxylation is 4. The van der Waals surface area contributed by atoms with Crippen LogP contribution < -0.4 is 98.2 Å². The topological polar surface area (TPSA) is 273 Å². The van der Waals surface area contributed by atoms with Crippen LogP contribution in [0.5, 0.6) is 11.5 Å². The van der Waals surface area contributed by atoms with E-state index in [2.05, 4.69) is 145 Å². The lowest BCUT2D eigenvalue weighted by atomic mass is 10.0. The van der Waals surface area contributed by atoms with Gasteiger partial charge in [0.05, 0.1) is 65.3 Å². The molecule has 5 aliphatic rings. The van der Waals surface area contributed by atoms with Gasteiger partial charge in [0.2, 0.25) is 0 Å². The zero-order valence-electron chi connectivity index (χ0n) is 76.7. The summed E-state index contributed by atoms with van der Waals surface area (Å²) in [5.41, 5.74) is 23.4. The van der Waals surface area contributed by atoms with Crippen LogP contribution in [0.4, 0.5) is 39.8 Å². The van der Waals surface area contributed by atoms with Gasteiger partial charge < -0.3 is 70.4 Å². The average Bonchev–Trinajstić information content (AvgIpc) is 0.763. The minimum atomic E-state index is -0.112. The lowest BCUT2D eigenvalue weighted by Gasteiger charge is -2.33. The van der Waals surface area contributed by atoms with E-state index >= 15 is 0 Å².